The zero-order valence-electron chi connectivity index (χ0n) is 21.8. The average Bonchev–Trinajstić information content (AvgIpc) is 2.99. The first kappa shape index (κ1) is 33.5. The van der Waals surface area contributed by atoms with Crippen LogP contribution in [0.15, 0.2) is 42.5 Å². The molecular formula is C26H24F10N4O3. The maximum atomic E-state index is 14.0. The molecule has 7 nitrogen and oxygen atoms in total. The molecule has 1 aliphatic heterocycles. The van der Waals surface area contributed by atoms with E-state index in [9.17, 15) is 58.3 Å². The standard InChI is InChI=1S/C26H24F10N4O3/c27-14-4-5-20-18(11-14)38-23(43)19(12-40(20)15-3-1-2-13(10-15)26(34,35)36)39-22(42)17(7-9-25(31,32)33)16(21(37)41)6-8-24(28,29)30/h1-5,10-11,16-17,19H,6-9,12H2,(H2,37,41)(H,38,43)(H,39,42). The number of alkyl halides is 9. The van der Waals surface area contributed by atoms with Gasteiger partial charge in [-0.15, -0.1) is 0 Å². The van der Waals surface area contributed by atoms with Crippen LogP contribution in [-0.2, 0) is 20.6 Å². The quantitative estimate of drug-likeness (QED) is 0.304. The number of amides is 3. The summed E-state index contributed by atoms with van der Waals surface area (Å²) in [4.78, 5) is 39.4. The summed E-state index contributed by atoms with van der Waals surface area (Å²) >= 11 is 0. The molecule has 0 aliphatic carbocycles. The van der Waals surface area contributed by atoms with Crippen LogP contribution in [0.3, 0.4) is 0 Å². The number of fused-ring (bicyclic) bond motifs is 1. The average molecular weight is 630 g/mol. The van der Waals surface area contributed by atoms with Gasteiger partial charge in [0, 0.05) is 30.4 Å². The predicted molar refractivity (Wildman–Crippen MR) is 132 cm³/mol. The molecule has 1 heterocycles. The molecule has 0 saturated carbocycles. The molecule has 3 atom stereocenters. The van der Waals surface area contributed by atoms with Gasteiger partial charge in [-0.1, -0.05) is 6.07 Å². The minimum atomic E-state index is -4.88. The molecule has 43 heavy (non-hydrogen) atoms. The van der Waals surface area contributed by atoms with Gasteiger partial charge in [-0.2, -0.15) is 39.5 Å². The molecule has 2 aromatic carbocycles. The van der Waals surface area contributed by atoms with Gasteiger partial charge in [0.05, 0.1) is 23.5 Å². The van der Waals surface area contributed by atoms with Gasteiger partial charge in [0.15, 0.2) is 0 Å². The van der Waals surface area contributed by atoms with E-state index in [-0.39, 0.29) is 17.1 Å². The van der Waals surface area contributed by atoms with E-state index in [1.54, 1.807) is 0 Å². The molecule has 0 fully saturated rings. The van der Waals surface area contributed by atoms with Crippen LogP contribution in [0.2, 0.25) is 0 Å². The SMILES string of the molecule is NC(=O)C(CCC(F)(F)F)C(CCC(F)(F)F)C(=O)NC1CN(c2cccc(C(F)(F)F)c2)c2ccc(F)cc2NC1=O. The van der Waals surface area contributed by atoms with Crippen molar-refractivity contribution in [2.45, 2.75) is 50.3 Å². The second-order valence-corrected chi connectivity index (χ2v) is 9.79. The summed E-state index contributed by atoms with van der Waals surface area (Å²) < 4.78 is 132. The minimum Gasteiger partial charge on any atom is -0.369 e. The zero-order chi connectivity index (χ0) is 32.3. The van der Waals surface area contributed by atoms with Gasteiger partial charge in [0.1, 0.15) is 11.9 Å². The maximum absolute atomic E-state index is 14.0. The number of rotatable bonds is 9. The highest BCUT2D eigenvalue weighted by atomic mass is 19.4. The maximum Gasteiger partial charge on any atom is 0.416 e. The van der Waals surface area contributed by atoms with Crippen LogP contribution in [-0.4, -0.2) is 42.7 Å². The Hall–Kier alpha value is -4.05. The lowest BCUT2D eigenvalue weighted by molar-refractivity contribution is -0.152. The largest absolute Gasteiger partial charge is 0.416 e. The Morgan fingerprint density at radius 1 is 0.930 bits per heavy atom. The zero-order valence-corrected chi connectivity index (χ0v) is 21.8. The molecule has 3 unspecified atom stereocenters. The molecule has 0 saturated heterocycles. The molecule has 4 N–H and O–H groups in total. The van der Waals surface area contributed by atoms with Crippen molar-refractivity contribution < 1.29 is 58.3 Å². The van der Waals surface area contributed by atoms with Crippen molar-refractivity contribution >= 4 is 34.8 Å². The molecule has 0 bridgehead atoms. The van der Waals surface area contributed by atoms with Crippen LogP contribution < -0.4 is 21.3 Å². The summed E-state index contributed by atoms with van der Waals surface area (Å²) in [5.41, 5.74) is 3.65. The van der Waals surface area contributed by atoms with E-state index in [0.29, 0.717) is 6.07 Å². The smallest absolute Gasteiger partial charge is 0.369 e. The normalized spacial score (nSPS) is 17.4. The van der Waals surface area contributed by atoms with Gasteiger partial charge >= 0.3 is 18.5 Å². The van der Waals surface area contributed by atoms with Crippen LogP contribution in [0.4, 0.5) is 61.0 Å². The van der Waals surface area contributed by atoms with E-state index >= 15 is 0 Å². The molecule has 236 valence electrons. The number of nitrogens with two attached hydrogens (primary N) is 1. The van der Waals surface area contributed by atoms with E-state index in [1.807, 2.05) is 0 Å². The number of hydrogen-bond donors (Lipinski definition) is 3. The fourth-order valence-corrected chi connectivity index (χ4v) is 4.61. The molecule has 3 amide bonds. The minimum absolute atomic E-state index is 0.0142. The van der Waals surface area contributed by atoms with E-state index in [4.69, 9.17) is 5.73 Å². The number of carbonyl (C=O) groups excluding carboxylic acids is 3. The van der Waals surface area contributed by atoms with Gasteiger partial charge in [-0.3, -0.25) is 14.4 Å². The molecule has 17 heteroatoms. The Morgan fingerprint density at radius 2 is 1.53 bits per heavy atom. The summed E-state index contributed by atoms with van der Waals surface area (Å²) in [5, 5.41) is 4.38. The van der Waals surface area contributed by atoms with E-state index in [0.717, 1.165) is 35.2 Å². The van der Waals surface area contributed by atoms with Crippen LogP contribution in [0.25, 0.3) is 0 Å². The van der Waals surface area contributed by atoms with Crippen LogP contribution in [0.1, 0.15) is 31.2 Å². The van der Waals surface area contributed by atoms with E-state index in [1.165, 1.54) is 6.07 Å². The summed E-state index contributed by atoms with van der Waals surface area (Å²) in [6, 6.07) is 4.87. The first-order chi connectivity index (χ1) is 19.7. The first-order valence-electron chi connectivity index (χ1n) is 12.5. The van der Waals surface area contributed by atoms with Crippen molar-refractivity contribution in [1.29, 1.82) is 0 Å². The Bertz CT molecular complexity index is 1340. The summed E-state index contributed by atoms with van der Waals surface area (Å²) in [6.45, 7) is -0.646. The fourth-order valence-electron chi connectivity index (χ4n) is 4.61. The Morgan fingerprint density at radius 3 is 2.09 bits per heavy atom. The first-order valence-corrected chi connectivity index (χ1v) is 12.5. The highest BCUT2D eigenvalue weighted by Crippen LogP contribution is 2.38. The van der Waals surface area contributed by atoms with Crippen molar-refractivity contribution in [3.63, 3.8) is 0 Å². The van der Waals surface area contributed by atoms with Gasteiger partial charge < -0.3 is 21.3 Å². The summed E-state index contributed by atoms with van der Waals surface area (Å²) in [5.74, 6) is -8.90. The molecule has 0 spiro atoms. The third kappa shape index (κ3) is 9.22. The third-order valence-electron chi connectivity index (χ3n) is 6.66. The van der Waals surface area contributed by atoms with E-state index in [2.05, 4.69) is 10.6 Å². The van der Waals surface area contributed by atoms with Crippen LogP contribution in [0, 0.1) is 17.7 Å². The third-order valence-corrected chi connectivity index (χ3v) is 6.66. The Kier molecular flexibility index (Phi) is 9.86. The number of nitrogens with one attached hydrogen (secondary N) is 2. The number of benzene rings is 2. The van der Waals surface area contributed by atoms with Crippen molar-refractivity contribution in [1.82, 2.24) is 5.32 Å². The molecular weight excluding hydrogens is 606 g/mol. The van der Waals surface area contributed by atoms with Crippen molar-refractivity contribution in [2.75, 3.05) is 16.8 Å². The number of primary amides is 1. The molecule has 0 aromatic heterocycles. The van der Waals surface area contributed by atoms with Gasteiger partial charge in [-0.25, -0.2) is 4.39 Å². The number of hydrogen-bond acceptors (Lipinski definition) is 4. The number of carbonyl (C=O) groups is 3. The Balaban J connectivity index is 2.00. The predicted octanol–water partition coefficient (Wildman–Crippen LogP) is 5.82. The lowest BCUT2D eigenvalue weighted by Gasteiger charge is -2.30. The van der Waals surface area contributed by atoms with Crippen molar-refractivity contribution in [3.8, 4) is 0 Å². The lowest BCUT2D eigenvalue weighted by Crippen LogP contribution is -2.52. The summed E-state index contributed by atoms with van der Waals surface area (Å²) in [6.07, 6.45) is -20.1. The monoisotopic (exact) mass is 630 g/mol. The van der Waals surface area contributed by atoms with Crippen LogP contribution >= 0.6 is 0 Å². The second kappa shape index (κ2) is 12.7. The fraction of sp³-hybridized carbons (Fsp3) is 0.423. The molecule has 1 aliphatic rings. The number of halogens is 10. The molecule has 2 aromatic rings. The van der Waals surface area contributed by atoms with Gasteiger partial charge in [0.2, 0.25) is 17.7 Å². The lowest BCUT2D eigenvalue weighted by atomic mass is 9.83. The van der Waals surface area contributed by atoms with Crippen molar-refractivity contribution in [3.05, 3.63) is 53.8 Å². The highest BCUT2D eigenvalue weighted by Gasteiger charge is 2.41. The number of anilines is 3. The van der Waals surface area contributed by atoms with Gasteiger partial charge in [0.25, 0.3) is 0 Å². The topological polar surface area (TPSA) is 105 Å². The number of nitrogens with zero attached hydrogens (tertiary/aromatic N) is 1. The highest BCUT2D eigenvalue weighted by molar-refractivity contribution is 6.03. The summed E-state index contributed by atoms with van der Waals surface area (Å²) in [7, 11) is 0. The van der Waals surface area contributed by atoms with E-state index < -0.39 is 97.7 Å². The van der Waals surface area contributed by atoms with Gasteiger partial charge in [-0.05, 0) is 49.2 Å². The Labute approximate surface area is 237 Å². The van der Waals surface area contributed by atoms with Crippen LogP contribution in [0.5, 0.6) is 0 Å². The second-order valence-electron chi connectivity index (χ2n) is 9.79. The molecule has 0 radical (unpaired) electrons. The molecule has 3 rings (SSSR count). The van der Waals surface area contributed by atoms with Crippen molar-refractivity contribution in [2.24, 2.45) is 17.6 Å².